The number of hydrogen-bond acceptors (Lipinski definition) is 7. The molecule has 1 aliphatic carbocycles. The molecule has 0 aromatic carbocycles. The summed E-state index contributed by atoms with van der Waals surface area (Å²) in [6.07, 6.45) is 3.61. The number of unbranched alkanes of at least 4 members (excludes halogenated alkanes) is 1. The highest BCUT2D eigenvalue weighted by Crippen LogP contribution is 2.63. The third kappa shape index (κ3) is 2.23. The second-order valence-electron chi connectivity index (χ2n) is 7.42. The summed E-state index contributed by atoms with van der Waals surface area (Å²) in [7, 11) is 3.96. The van der Waals surface area contributed by atoms with Crippen LogP contribution in [0, 0.1) is 5.92 Å². The molecule has 7 nitrogen and oxygen atoms in total. The van der Waals surface area contributed by atoms with E-state index in [1.165, 1.54) is 0 Å². The lowest BCUT2D eigenvalue weighted by molar-refractivity contribution is -0.116. The molecule has 7 heteroatoms. The average molecular weight is 350 g/mol. The van der Waals surface area contributed by atoms with Gasteiger partial charge in [0.15, 0.2) is 5.76 Å². The molecule has 3 unspecified atom stereocenters. The first-order valence-corrected chi connectivity index (χ1v) is 9.01. The Balaban J connectivity index is 1.80. The number of ether oxygens (including phenoxy) is 2. The number of aliphatic hydroxyl groups is 2. The minimum Gasteiger partial charge on any atom is -0.475 e. The summed E-state index contributed by atoms with van der Waals surface area (Å²) >= 11 is 0. The number of aromatic nitrogens is 1. The van der Waals surface area contributed by atoms with Crippen LogP contribution in [0.4, 0.5) is 0 Å². The minimum absolute atomic E-state index is 0.00130. The Labute approximate surface area is 147 Å². The minimum atomic E-state index is -0.961. The topological polar surface area (TPSA) is 88.2 Å². The second-order valence-corrected chi connectivity index (χ2v) is 7.42. The van der Waals surface area contributed by atoms with Crippen LogP contribution in [0.1, 0.15) is 49.7 Å². The van der Waals surface area contributed by atoms with Crippen molar-refractivity contribution in [3.63, 3.8) is 0 Å². The molecule has 1 fully saturated rings. The first-order valence-electron chi connectivity index (χ1n) is 9.01. The third-order valence-electron chi connectivity index (χ3n) is 5.79. The normalized spacial score (nSPS) is 35.7. The molecule has 0 amide bonds. The number of nitrogens with zero attached hydrogens (tertiary/aromatic N) is 2. The van der Waals surface area contributed by atoms with Gasteiger partial charge in [-0.15, -0.1) is 0 Å². The van der Waals surface area contributed by atoms with E-state index in [9.17, 15) is 10.2 Å². The van der Waals surface area contributed by atoms with Gasteiger partial charge < -0.3 is 24.2 Å². The SMILES string of the molecule is CCCCOc1noc2c1C(O)C13OC(C=C1CO)C[C@H]3[C@@H]2N(C)C. The van der Waals surface area contributed by atoms with Crippen molar-refractivity contribution in [3.8, 4) is 5.88 Å². The molecule has 0 radical (unpaired) electrons. The van der Waals surface area contributed by atoms with Crippen molar-refractivity contribution in [3.05, 3.63) is 23.0 Å². The van der Waals surface area contributed by atoms with Gasteiger partial charge in [-0.05, 0) is 37.7 Å². The standard InChI is InChI=1S/C18H26N2O5/c1-4-5-6-23-17-13-15(25-19-17)14(20(2)3)12-8-11-7-10(9-21)18(12,24-11)16(13)22/h7,11-12,14,16,21-22H,4-6,8-9H2,1-3H3/t11?,12-,14-,16?,18?/m0/s1. The van der Waals surface area contributed by atoms with Crippen LogP contribution in [0.2, 0.25) is 0 Å². The maximum atomic E-state index is 11.3. The molecular formula is C18H26N2O5. The Hall–Kier alpha value is -1.41. The zero-order chi connectivity index (χ0) is 17.8. The predicted molar refractivity (Wildman–Crippen MR) is 89.2 cm³/mol. The highest BCUT2D eigenvalue weighted by atomic mass is 16.6. The molecule has 138 valence electrons. The summed E-state index contributed by atoms with van der Waals surface area (Å²) in [5, 5.41) is 25.2. The number of aliphatic hydroxyl groups excluding tert-OH is 2. The maximum absolute atomic E-state index is 11.3. The van der Waals surface area contributed by atoms with Gasteiger partial charge in [0.05, 0.1) is 30.9 Å². The fourth-order valence-electron chi connectivity index (χ4n) is 4.73. The second kappa shape index (κ2) is 6.09. The lowest BCUT2D eigenvalue weighted by atomic mass is 9.64. The first kappa shape index (κ1) is 17.0. The van der Waals surface area contributed by atoms with Crippen molar-refractivity contribution >= 4 is 0 Å². The van der Waals surface area contributed by atoms with Gasteiger partial charge in [0.25, 0.3) is 5.88 Å². The Morgan fingerprint density at radius 1 is 1.44 bits per heavy atom. The molecular weight excluding hydrogens is 324 g/mol. The zero-order valence-corrected chi connectivity index (χ0v) is 14.9. The number of fused-ring (bicyclic) bond motifs is 2. The van der Waals surface area contributed by atoms with Gasteiger partial charge in [-0.3, -0.25) is 4.90 Å². The van der Waals surface area contributed by atoms with Crippen molar-refractivity contribution in [1.29, 1.82) is 0 Å². The molecule has 2 bridgehead atoms. The van der Waals surface area contributed by atoms with E-state index in [0.29, 0.717) is 23.8 Å². The van der Waals surface area contributed by atoms with Gasteiger partial charge in [-0.25, -0.2) is 0 Å². The fourth-order valence-corrected chi connectivity index (χ4v) is 4.73. The van der Waals surface area contributed by atoms with E-state index in [4.69, 9.17) is 14.0 Å². The van der Waals surface area contributed by atoms with E-state index in [-0.39, 0.29) is 24.7 Å². The van der Waals surface area contributed by atoms with Gasteiger partial charge in [-0.2, -0.15) is 0 Å². The fraction of sp³-hybridized carbons (Fsp3) is 0.722. The molecule has 1 aromatic rings. The summed E-state index contributed by atoms with van der Waals surface area (Å²) in [6, 6.07) is -0.0883. The average Bonchev–Trinajstić information content (AvgIpc) is 3.26. The Morgan fingerprint density at radius 2 is 2.24 bits per heavy atom. The van der Waals surface area contributed by atoms with Crippen molar-refractivity contribution < 1.29 is 24.2 Å². The monoisotopic (exact) mass is 350 g/mol. The van der Waals surface area contributed by atoms with Gasteiger partial charge in [-0.1, -0.05) is 19.4 Å². The van der Waals surface area contributed by atoms with E-state index in [1.807, 2.05) is 20.2 Å². The van der Waals surface area contributed by atoms with Crippen molar-refractivity contribution in [1.82, 2.24) is 10.1 Å². The molecule has 25 heavy (non-hydrogen) atoms. The summed E-state index contributed by atoms with van der Waals surface area (Å²) in [6.45, 7) is 2.49. The van der Waals surface area contributed by atoms with Gasteiger partial charge in [0, 0.05) is 5.92 Å². The molecule has 2 N–H and O–H groups in total. The largest absolute Gasteiger partial charge is 0.475 e. The zero-order valence-electron chi connectivity index (χ0n) is 14.9. The highest BCUT2D eigenvalue weighted by Gasteiger charge is 2.66. The molecule has 0 saturated carbocycles. The summed E-state index contributed by atoms with van der Waals surface area (Å²) < 4.78 is 17.6. The van der Waals surface area contributed by atoms with Crippen LogP contribution in [0.25, 0.3) is 0 Å². The summed E-state index contributed by atoms with van der Waals surface area (Å²) in [5.74, 6) is 0.985. The van der Waals surface area contributed by atoms with Gasteiger partial charge >= 0.3 is 0 Å². The van der Waals surface area contributed by atoms with Gasteiger partial charge in [0.2, 0.25) is 0 Å². The van der Waals surface area contributed by atoms with E-state index >= 15 is 0 Å². The van der Waals surface area contributed by atoms with Crippen LogP contribution in [-0.4, -0.2) is 59.3 Å². The molecule has 3 aliphatic rings. The summed E-state index contributed by atoms with van der Waals surface area (Å²) in [5.41, 5.74) is 0.392. The highest BCUT2D eigenvalue weighted by molar-refractivity contribution is 5.47. The third-order valence-corrected chi connectivity index (χ3v) is 5.79. The molecule has 3 heterocycles. The molecule has 1 spiro atoms. The van der Waals surface area contributed by atoms with Crippen LogP contribution < -0.4 is 4.74 Å². The van der Waals surface area contributed by atoms with E-state index in [1.54, 1.807) is 0 Å². The predicted octanol–water partition coefficient (Wildman–Crippen LogP) is 1.58. The van der Waals surface area contributed by atoms with Crippen molar-refractivity contribution in [2.45, 2.75) is 50.0 Å². The van der Waals surface area contributed by atoms with Crippen LogP contribution >= 0.6 is 0 Å². The first-order chi connectivity index (χ1) is 12.0. The van der Waals surface area contributed by atoms with Gasteiger partial charge in [0.1, 0.15) is 11.7 Å². The maximum Gasteiger partial charge on any atom is 0.260 e. The van der Waals surface area contributed by atoms with Crippen LogP contribution in [-0.2, 0) is 4.74 Å². The lowest BCUT2D eigenvalue weighted by Gasteiger charge is -2.46. The van der Waals surface area contributed by atoms with Crippen molar-refractivity contribution in [2.24, 2.45) is 5.92 Å². The van der Waals surface area contributed by atoms with Crippen LogP contribution in [0.3, 0.4) is 0 Å². The van der Waals surface area contributed by atoms with Crippen molar-refractivity contribution in [2.75, 3.05) is 27.3 Å². The van der Waals surface area contributed by atoms with E-state index in [2.05, 4.69) is 17.0 Å². The number of rotatable bonds is 6. The quantitative estimate of drug-likeness (QED) is 0.595. The van der Waals surface area contributed by atoms with Crippen LogP contribution in [0.5, 0.6) is 5.88 Å². The Kier molecular flexibility index (Phi) is 4.15. The smallest absolute Gasteiger partial charge is 0.260 e. The number of hydrogen-bond donors (Lipinski definition) is 2. The summed E-state index contributed by atoms with van der Waals surface area (Å²) in [4.78, 5) is 2.07. The van der Waals surface area contributed by atoms with E-state index in [0.717, 1.165) is 24.8 Å². The Bertz CT molecular complexity index is 685. The molecule has 5 atom stereocenters. The lowest BCUT2D eigenvalue weighted by Crippen LogP contribution is -2.52. The molecule has 4 rings (SSSR count). The van der Waals surface area contributed by atoms with Crippen LogP contribution in [0.15, 0.2) is 16.2 Å². The van der Waals surface area contributed by atoms with E-state index < -0.39 is 11.7 Å². The molecule has 1 saturated heterocycles. The molecule has 2 aliphatic heterocycles. The Morgan fingerprint density at radius 3 is 2.92 bits per heavy atom. The molecule has 1 aromatic heterocycles.